The molecule has 1 N–H and O–H groups in total. The number of carbonyl (C=O) groups is 2. The van der Waals surface area contributed by atoms with Gasteiger partial charge in [-0.05, 0) is 24.3 Å². The van der Waals surface area contributed by atoms with Crippen molar-refractivity contribution in [3.63, 3.8) is 0 Å². The molecule has 1 saturated heterocycles. The molecule has 0 radical (unpaired) electrons. The van der Waals surface area contributed by atoms with Gasteiger partial charge < -0.3 is 9.73 Å². The summed E-state index contributed by atoms with van der Waals surface area (Å²) in [5.41, 5.74) is 0.0108. The number of nitro groups is 1. The second kappa shape index (κ2) is 8.45. The van der Waals surface area contributed by atoms with Crippen molar-refractivity contribution in [3.8, 4) is 11.3 Å². The van der Waals surface area contributed by atoms with Gasteiger partial charge in [0.25, 0.3) is 11.6 Å². The van der Waals surface area contributed by atoms with Crippen LogP contribution in [0, 0.1) is 15.9 Å². The van der Waals surface area contributed by atoms with Crippen LogP contribution in [0.15, 0.2) is 58.6 Å². The van der Waals surface area contributed by atoms with Gasteiger partial charge in [-0.2, -0.15) is 0 Å². The van der Waals surface area contributed by atoms with E-state index in [0.29, 0.717) is 0 Å². The van der Waals surface area contributed by atoms with E-state index >= 15 is 0 Å². The molecule has 3 aromatic rings. The third-order valence-electron chi connectivity index (χ3n) is 4.66. The van der Waals surface area contributed by atoms with Crippen LogP contribution in [0.4, 0.5) is 14.9 Å². The molecule has 11 heteroatoms. The highest BCUT2D eigenvalue weighted by atomic mass is 35.5. The monoisotopic (exact) mass is 475 g/mol. The van der Waals surface area contributed by atoms with E-state index in [-0.39, 0.29) is 50.6 Å². The van der Waals surface area contributed by atoms with Crippen LogP contribution >= 0.6 is 23.2 Å². The highest BCUT2D eigenvalue weighted by molar-refractivity contribution is 6.37. The van der Waals surface area contributed by atoms with Gasteiger partial charge in [-0.25, -0.2) is 9.18 Å². The van der Waals surface area contributed by atoms with Crippen molar-refractivity contribution in [2.24, 2.45) is 0 Å². The average molecular weight is 476 g/mol. The molecule has 0 aliphatic carbocycles. The van der Waals surface area contributed by atoms with Crippen LogP contribution in [0.1, 0.15) is 11.3 Å². The molecule has 0 atom stereocenters. The molecule has 3 amide bonds. The lowest BCUT2D eigenvalue weighted by Gasteiger charge is -2.12. The molecule has 1 aliphatic heterocycles. The Bertz CT molecular complexity index is 1300. The highest BCUT2D eigenvalue weighted by Crippen LogP contribution is 2.37. The molecule has 8 nitrogen and oxygen atoms in total. The topological polar surface area (TPSA) is 106 Å². The van der Waals surface area contributed by atoms with E-state index in [1.807, 2.05) is 0 Å². The lowest BCUT2D eigenvalue weighted by molar-refractivity contribution is -0.384. The Morgan fingerprint density at radius 3 is 2.59 bits per heavy atom. The van der Waals surface area contributed by atoms with Crippen LogP contribution < -0.4 is 5.32 Å². The van der Waals surface area contributed by atoms with Crippen LogP contribution in [0.5, 0.6) is 0 Å². The molecule has 0 bridgehead atoms. The van der Waals surface area contributed by atoms with Gasteiger partial charge in [0.05, 0.1) is 16.5 Å². The first-order valence-corrected chi connectivity index (χ1v) is 9.82. The minimum atomic E-state index is -0.701. The Morgan fingerprint density at radius 1 is 1.12 bits per heavy atom. The van der Waals surface area contributed by atoms with E-state index in [9.17, 15) is 24.1 Å². The Labute approximate surface area is 190 Å². The van der Waals surface area contributed by atoms with Gasteiger partial charge in [-0.15, -0.1) is 0 Å². The average Bonchev–Trinajstić information content (AvgIpc) is 3.29. The maximum Gasteiger partial charge on any atom is 0.329 e. The summed E-state index contributed by atoms with van der Waals surface area (Å²) in [6.07, 6.45) is 1.29. The van der Waals surface area contributed by atoms with Gasteiger partial charge in [0.1, 0.15) is 28.1 Å². The first-order valence-electron chi connectivity index (χ1n) is 9.06. The number of carbonyl (C=O) groups excluding carboxylic acids is 2. The molecular weight excluding hydrogens is 464 g/mol. The van der Waals surface area contributed by atoms with Crippen molar-refractivity contribution < 1.29 is 23.3 Å². The number of nitrogens with one attached hydrogen (secondary N) is 1. The van der Waals surface area contributed by atoms with E-state index in [1.165, 1.54) is 48.5 Å². The number of benzene rings is 2. The molecular formula is C21H12Cl2FN3O5. The minimum absolute atomic E-state index is 0.0691. The van der Waals surface area contributed by atoms with Gasteiger partial charge in [0.2, 0.25) is 0 Å². The number of imide groups is 1. The van der Waals surface area contributed by atoms with Crippen LogP contribution in [0.3, 0.4) is 0 Å². The number of hydrogen-bond acceptors (Lipinski definition) is 5. The fraction of sp³-hybridized carbons (Fsp3) is 0.0476. The summed E-state index contributed by atoms with van der Waals surface area (Å²) in [7, 11) is 0. The Balaban J connectivity index is 1.59. The second-order valence-corrected chi connectivity index (χ2v) is 7.53. The summed E-state index contributed by atoms with van der Waals surface area (Å²) in [5, 5.41) is 13.6. The van der Waals surface area contributed by atoms with E-state index < -0.39 is 22.7 Å². The number of hydrogen-bond donors (Lipinski definition) is 1. The summed E-state index contributed by atoms with van der Waals surface area (Å²) < 4.78 is 19.5. The molecule has 0 spiro atoms. The van der Waals surface area contributed by atoms with Crippen LogP contribution in [-0.4, -0.2) is 21.8 Å². The number of halogens is 3. The molecule has 162 valence electrons. The number of nitrogens with zero attached hydrogens (tertiary/aromatic N) is 2. The van der Waals surface area contributed by atoms with Gasteiger partial charge in [0, 0.05) is 23.3 Å². The molecule has 2 heterocycles. The minimum Gasteiger partial charge on any atom is -0.457 e. The van der Waals surface area contributed by atoms with Gasteiger partial charge >= 0.3 is 6.03 Å². The lowest BCUT2D eigenvalue weighted by atomic mass is 10.1. The zero-order valence-electron chi connectivity index (χ0n) is 16.0. The number of rotatable bonds is 5. The van der Waals surface area contributed by atoms with E-state index in [2.05, 4.69) is 5.32 Å². The molecule has 0 saturated carbocycles. The summed E-state index contributed by atoms with van der Waals surface area (Å²) in [5.74, 6) is -0.807. The molecule has 32 heavy (non-hydrogen) atoms. The maximum atomic E-state index is 13.9. The molecule has 1 aliphatic rings. The first kappa shape index (κ1) is 21.5. The summed E-state index contributed by atoms with van der Waals surface area (Å²) in [4.78, 5) is 36.2. The maximum absolute atomic E-state index is 13.9. The Kier molecular flexibility index (Phi) is 5.68. The van der Waals surface area contributed by atoms with Gasteiger partial charge in [-0.3, -0.25) is 19.8 Å². The molecule has 2 aromatic carbocycles. The predicted molar refractivity (Wildman–Crippen MR) is 114 cm³/mol. The number of nitro benzene ring substituents is 1. The third kappa shape index (κ3) is 4.08. The van der Waals surface area contributed by atoms with E-state index in [0.717, 1.165) is 4.90 Å². The van der Waals surface area contributed by atoms with Gasteiger partial charge in [-0.1, -0.05) is 41.4 Å². The number of urea groups is 1. The molecule has 1 fully saturated rings. The van der Waals surface area contributed by atoms with Crippen molar-refractivity contribution in [3.05, 3.63) is 91.5 Å². The second-order valence-electron chi connectivity index (χ2n) is 6.71. The number of amides is 3. The van der Waals surface area contributed by atoms with Crippen LogP contribution in [-0.2, 0) is 11.3 Å². The third-order valence-corrected chi connectivity index (χ3v) is 5.28. The summed E-state index contributed by atoms with van der Waals surface area (Å²) in [6, 6.07) is 10.5. The zero-order valence-corrected chi connectivity index (χ0v) is 17.5. The van der Waals surface area contributed by atoms with Crippen LogP contribution in [0.25, 0.3) is 17.4 Å². The highest BCUT2D eigenvalue weighted by Gasteiger charge is 2.34. The smallest absolute Gasteiger partial charge is 0.329 e. The van der Waals surface area contributed by atoms with E-state index in [4.69, 9.17) is 27.6 Å². The Morgan fingerprint density at radius 2 is 1.88 bits per heavy atom. The van der Waals surface area contributed by atoms with Crippen molar-refractivity contribution >= 4 is 46.9 Å². The SMILES string of the molecule is O=C1N/C(=C/c2ccc(-c3cc([N+](=O)[O-])c(Cl)cc3Cl)o2)C(=O)N1Cc1ccccc1F. The largest absolute Gasteiger partial charge is 0.457 e. The predicted octanol–water partition coefficient (Wildman–Crippen LogP) is 5.39. The Hall–Kier alpha value is -3.69. The lowest BCUT2D eigenvalue weighted by Crippen LogP contribution is -2.30. The number of furan rings is 1. The summed E-state index contributed by atoms with van der Waals surface area (Å²) >= 11 is 12.0. The zero-order chi connectivity index (χ0) is 23.0. The first-order chi connectivity index (χ1) is 15.2. The molecule has 4 rings (SSSR count). The van der Waals surface area contributed by atoms with Crippen molar-refractivity contribution in [2.75, 3.05) is 0 Å². The molecule has 1 aromatic heterocycles. The van der Waals surface area contributed by atoms with Gasteiger partial charge in [0.15, 0.2) is 0 Å². The van der Waals surface area contributed by atoms with Crippen molar-refractivity contribution in [2.45, 2.75) is 6.54 Å². The fourth-order valence-electron chi connectivity index (χ4n) is 3.10. The van der Waals surface area contributed by atoms with Crippen molar-refractivity contribution in [1.29, 1.82) is 0 Å². The normalized spacial score (nSPS) is 14.8. The molecule has 0 unspecified atom stereocenters. The summed E-state index contributed by atoms with van der Waals surface area (Å²) in [6.45, 7) is -0.234. The van der Waals surface area contributed by atoms with Crippen molar-refractivity contribution in [1.82, 2.24) is 10.2 Å². The quantitative estimate of drug-likeness (QED) is 0.230. The van der Waals surface area contributed by atoms with Crippen LogP contribution in [0.2, 0.25) is 10.0 Å². The fourth-order valence-corrected chi connectivity index (χ4v) is 3.64. The standard InChI is InChI=1S/C21H12Cl2FN3O5/c22-14-9-15(23)18(27(30)31)8-13(14)19-6-5-12(32-19)7-17-20(28)26(21(29)25-17)10-11-3-1-2-4-16(11)24/h1-9H,10H2,(H,25,29)/b17-7+. The van der Waals surface area contributed by atoms with E-state index in [1.54, 1.807) is 6.07 Å².